The molecule has 0 atom stereocenters. The summed E-state index contributed by atoms with van der Waals surface area (Å²) in [5.74, 6) is -1.65. The summed E-state index contributed by atoms with van der Waals surface area (Å²) in [6.07, 6.45) is 0. The number of hydrogen-bond acceptors (Lipinski definition) is 6. The smallest absolute Gasteiger partial charge is 0.394 e. The van der Waals surface area contributed by atoms with Crippen molar-refractivity contribution >= 4 is 34.4 Å². The van der Waals surface area contributed by atoms with Gasteiger partial charge in [-0.25, -0.2) is 4.79 Å². The molecule has 29 heavy (non-hydrogen) atoms. The van der Waals surface area contributed by atoms with Crippen molar-refractivity contribution in [3.05, 3.63) is 57.7 Å². The highest BCUT2D eigenvalue weighted by molar-refractivity contribution is 6.34. The first kappa shape index (κ1) is 20.2. The molecule has 1 heterocycles. The van der Waals surface area contributed by atoms with Crippen LogP contribution in [-0.4, -0.2) is 37.2 Å². The van der Waals surface area contributed by atoms with Crippen LogP contribution in [0.15, 0.2) is 51.7 Å². The van der Waals surface area contributed by atoms with Crippen LogP contribution in [0.3, 0.4) is 0 Å². The Balaban J connectivity index is 1.94. The fourth-order valence-electron chi connectivity index (χ4n) is 2.63. The molecule has 2 N–H and O–H groups in total. The minimum absolute atomic E-state index is 0.0161. The molecule has 0 saturated heterocycles. The van der Waals surface area contributed by atoms with Gasteiger partial charge in [0.25, 0.3) is 0 Å². The Bertz CT molecular complexity index is 1140. The van der Waals surface area contributed by atoms with Crippen molar-refractivity contribution < 1.29 is 28.6 Å². The van der Waals surface area contributed by atoms with Gasteiger partial charge in [0.15, 0.2) is 11.0 Å². The Morgan fingerprint density at radius 2 is 2.00 bits per heavy atom. The molecule has 0 aliphatic rings. The van der Waals surface area contributed by atoms with E-state index in [1.165, 1.54) is 13.2 Å². The molecule has 0 unspecified atom stereocenters. The number of halogens is 1. The Morgan fingerprint density at radius 1 is 1.21 bits per heavy atom. The predicted octanol–water partition coefficient (Wildman–Crippen LogP) is 2.70. The van der Waals surface area contributed by atoms with Crippen molar-refractivity contribution in [1.82, 2.24) is 5.32 Å². The van der Waals surface area contributed by atoms with Crippen LogP contribution in [0.2, 0.25) is 5.02 Å². The van der Waals surface area contributed by atoms with Crippen LogP contribution in [0.1, 0.15) is 0 Å². The van der Waals surface area contributed by atoms with Crippen molar-refractivity contribution in [2.24, 2.45) is 0 Å². The zero-order valence-corrected chi connectivity index (χ0v) is 16.0. The molecule has 2 aromatic carbocycles. The molecule has 3 rings (SSSR count). The number of carbonyl (C=O) groups excluding carboxylic acids is 1. The van der Waals surface area contributed by atoms with Crippen LogP contribution in [0.25, 0.3) is 22.3 Å². The molecule has 1 aromatic heterocycles. The summed E-state index contributed by atoms with van der Waals surface area (Å²) in [6, 6.07) is 11.1. The van der Waals surface area contributed by atoms with Crippen molar-refractivity contribution in [3.8, 4) is 22.8 Å². The van der Waals surface area contributed by atoms with Crippen LogP contribution in [-0.2, 0) is 9.59 Å². The molecule has 0 saturated carbocycles. The monoisotopic (exact) mass is 417 g/mol. The molecule has 0 spiro atoms. The summed E-state index contributed by atoms with van der Waals surface area (Å²) in [4.78, 5) is 34.1. The van der Waals surface area contributed by atoms with Crippen LogP contribution in [0.4, 0.5) is 0 Å². The number of para-hydroxylation sites is 1. The Hall–Kier alpha value is -3.52. The molecule has 9 heteroatoms. The van der Waals surface area contributed by atoms with Crippen LogP contribution >= 0.6 is 11.6 Å². The first-order valence-corrected chi connectivity index (χ1v) is 8.83. The SMILES string of the molecule is COc1ccc(-c2cc(=O)c3cccc(Cl)c3o2)c(OCCNC(=O)C(=O)O)c1. The summed E-state index contributed by atoms with van der Waals surface area (Å²) in [5, 5.41) is 11.4. The molecule has 1 amide bonds. The lowest BCUT2D eigenvalue weighted by Gasteiger charge is -2.13. The highest BCUT2D eigenvalue weighted by Gasteiger charge is 2.15. The second-order valence-electron chi connectivity index (χ2n) is 5.86. The van der Waals surface area contributed by atoms with E-state index in [9.17, 15) is 14.4 Å². The first-order valence-electron chi connectivity index (χ1n) is 8.45. The van der Waals surface area contributed by atoms with Gasteiger partial charge in [-0.05, 0) is 24.3 Å². The van der Waals surface area contributed by atoms with E-state index in [1.807, 2.05) is 0 Å². The fourth-order valence-corrected chi connectivity index (χ4v) is 2.84. The van der Waals surface area contributed by atoms with E-state index >= 15 is 0 Å². The lowest BCUT2D eigenvalue weighted by Crippen LogP contribution is -2.33. The molecular weight excluding hydrogens is 402 g/mol. The second-order valence-corrected chi connectivity index (χ2v) is 6.27. The zero-order valence-electron chi connectivity index (χ0n) is 15.2. The van der Waals surface area contributed by atoms with E-state index in [0.29, 0.717) is 27.5 Å². The third-order valence-corrected chi connectivity index (χ3v) is 4.30. The van der Waals surface area contributed by atoms with Gasteiger partial charge in [-0.15, -0.1) is 0 Å². The van der Waals surface area contributed by atoms with E-state index in [0.717, 1.165) is 0 Å². The number of amides is 1. The maximum absolute atomic E-state index is 12.5. The second kappa shape index (κ2) is 8.66. The molecule has 0 bridgehead atoms. The lowest BCUT2D eigenvalue weighted by atomic mass is 10.1. The van der Waals surface area contributed by atoms with Gasteiger partial charge in [0.05, 0.1) is 29.6 Å². The van der Waals surface area contributed by atoms with Crippen molar-refractivity contribution in [2.75, 3.05) is 20.3 Å². The number of fused-ring (bicyclic) bond motifs is 1. The summed E-state index contributed by atoms with van der Waals surface area (Å²) < 4.78 is 16.7. The highest BCUT2D eigenvalue weighted by Crippen LogP contribution is 2.35. The van der Waals surface area contributed by atoms with Crippen LogP contribution in [0, 0.1) is 0 Å². The highest BCUT2D eigenvalue weighted by atomic mass is 35.5. The van der Waals surface area contributed by atoms with Gasteiger partial charge < -0.3 is 24.3 Å². The standard InChI is InChI=1S/C20H16ClNO7/c1-27-11-5-6-13(16(9-11)28-8-7-22-19(24)20(25)26)17-10-15(23)12-3-2-4-14(21)18(12)29-17/h2-6,9-10H,7-8H2,1H3,(H,22,24)(H,25,26). The number of methoxy groups -OCH3 is 1. The van der Waals surface area contributed by atoms with Gasteiger partial charge >= 0.3 is 11.9 Å². The van der Waals surface area contributed by atoms with Crippen molar-refractivity contribution in [3.63, 3.8) is 0 Å². The number of aliphatic carboxylic acids is 1. The summed E-state index contributed by atoms with van der Waals surface area (Å²) in [7, 11) is 1.49. The molecule has 0 aliphatic carbocycles. The zero-order chi connectivity index (χ0) is 21.0. The van der Waals surface area contributed by atoms with Crippen LogP contribution in [0.5, 0.6) is 11.5 Å². The quantitative estimate of drug-likeness (QED) is 0.468. The van der Waals surface area contributed by atoms with E-state index in [-0.39, 0.29) is 29.9 Å². The molecule has 0 fully saturated rings. The third kappa shape index (κ3) is 4.49. The molecule has 0 radical (unpaired) electrons. The Morgan fingerprint density at radius 3 is 2.72 bits per heavy atom. The minimum Gasteiger partial charge on any atom is -0.497 e. The topological polar surface area (TPSA) is 115 Å². The molecule has 3 aromatic rings. The number of ether oxygens (including phenoxy) is 2. The maximum atomic E-state index is 12.5. The van der Waals surface area contributed by atoms with Gasteiger partial charge in [0.2, 0.25) is 0 Å². The minimum atomic E-state index is -1.58. The number of hydrogen-bond donors (Lipinski definition) is 2. The van der Waals surface area contributed by atoms with Gasteiger partial charge in [-0.1, -0.05) is 17.7 Å². The summed E-state index contributed by atoms with van der Waals surface area (Å²) in [5.41, 5.74) is 0.459. The van der Waals surface area contributed by atoms with E-state index in [4.69, 9.17) is 30.6 Å². The largest absolute Gasteiger partial charge is 0.497 e. The van der Waals surface area contributed by atoms with Gasteiger partial charge in [0, 0.05) is 12.1 Å². The number of carboxylic acids is 1. The van der Waals surface area contributed by atoms with E-state index < -0.39 is 11.9 Å². The number of carbonyl (C=O) groups is 2. The van der Waals surface area contributed by atoms with Crippen molar-refractivity contribution in [2.45, 2.75) is 0 Å². The lowest BCUT2D eigenvalue weighted by molar-refractivity contribution is -0.150. The number of rotatable bonds is 6. The van der Waals surface area contributed by atoms with Crippen molar-refractivity contribution in [1.29, 1.82) is 0 Å². The first-order chi connectivity index (χ1) is 13.9. The predicted molar refractivity (Wildman–Crippen MR) is 106 cm³/mol. The molecule has 8 nitrogen and oxygen atoms in total. The summed E-state index contributed by atoms with van der Waals surface area (Å²) in [6.45, 7) is -0.0486. The molecule has 0 aliphatic heterocycles. The third-order valence-electron chi connectivity index (χ3n) is 4.00. The van der Waals surface area contributed by atoms with Crippen LogP contribution < -0.4 is 20.2 Å². The maximum Gasteiger partial charge on any atom is 0.394 e. The Kier molecular flexibility index (Phi) is 6.04. The van der Waals surface area contributed by atoms with E-state index in [1.54, 1.807) is 36.4 Å². The number of carboxylic acid groups (broad SMARTS) is 1. The molecule has 150 valence electrons. The molecular formula is C20H16ClNO7. The fraction of sp³-hybridized carbons (Fsp3) is 0.150. The normalized spacial score (nSPS) is 10.6. The Labute approximate surface area is 169 Å². The van der Waals surface area contributed by atoms with E-state index in [2.05, 4.69) is 5.32 Å². The van der Waals surface area contributed by atoms with Gasteiger partial charge in [0.1, 0.15) is 23.9 Å². The number of nitrogens with one attached hydrogen (secondary N) is 1. The van der Waals surface area contributed by atoms with Gasteiger partial charge in [-0.3, -0.25) is 9.59 Å². The van der Waals surface area contributed by atoms with Gasteiger partial charge in [-0.2, -0.15) is 0 Å². The number of benzene rings is 2. The average molecular weight is 418 g/mol. The summed E-state index contributed by atoms with van der Waals surface area (Å²) >= 11 is 6.16. The average Bonchev–Trinajstić information content (AvgIpc) is 2.71.